The molecule has 13 nitrogen and oxygen atoms in total. The maximum Gasteiger partial charge on any atom is 0.407 e. The molecule has 318 valence electrons. The van der Waals surface area contributed by atoms with E-state index in [1.807, 2.05) is 48.5 Å². The van der Waals surface area contributed by atoms with E-state index in [4.69, 9.17) is 28.4 Å². The van der Waals surface area contributed by atoms with Crippen molar-refractivity contribution in [1.29, 1.82) is 0 Å². The highest BCUT2D eigenvalue weighted by atomic mass is 32.2. The Morgan fingerprint density at radius 3 is 1.50 bits per heavy atom. The van der Waals surface area contributed by atoms with Gasteiger partial charge in [0.15, 0.2) is 23.7 Å². The summed E-state index contributed by atoms with van der Waals surface area (Å²) in [6.07, 6.45) is -6.61. The third-order valence-electron chi connectivity index (χ3n) is 9.41. The first-order chi connectivity index (χ1) is 26.7. The van der Waals surface area contributed by atoms with Crippen LogP contribution in [-0.4, -0.2) is 84.2 Å². The Kier molecular flexibility index (Phi) is 14.2. The van der Waals surface area contributed by atoms with Gasteiger partial charge in [-0.3, -0.25) is 24.0 Å². The van der Waals surface area contributed by atoms with Crippen LogP contribution in [0.15, 0.2) is 48.5 Å². The van der Waals surface area contributed by atoms with E-state index in [0.717, 1.165) is 22.3 Å². The number of rotatable bonds is 10. The molecule has 1 amide bonds. The molecule has 58 heavy (non-hydrogen) atoms. The van der Waals surface area contributed by atoms with Gasteiger partial charge in [-0.1, -0.05) is 60.3 Å². The number of benzene rings is 2. The van der Waals surface area contributed by atoms with Crippen LogP contribution in [0.1, 0.15) is 107 Å². The monoisotopic (exact) mass is 825 g/mol. The van der Waals surface area contributed by atoms with Crippen LogP contribution in [0.4, 0.5) is 4.79 Å². The zero-order valence-corrected chi connectivity index (χ0v) is 36.7. The van der Waals surface area contributed by atoms with Crippen molar-refractivity contribution >= 4 is 46.8 Å². The average molecular weight is 826 g/mol. The zero-order chi connectivity index (χ0) is 43.5. The number of carbonyl (C=O) groups is 6. The van der Waals surface area contributed by atoms with E-state index in [1.165, 1.54) is 6.92 Å². The summed E-state index contributed by atoms with van der Waals surface area (Å²) in [5, 5.41) is 1.97. The second-order valence-electron chi connectivity index (χ2n) is 18.9. The van der Waals surface area contributed by atoms with E-state index in [-0.39, 0.29) is 12.5 Å². The van der Waals surface area contributed by atoms with Crippen LogP contribution in [-0.2, 0) is 52.4 Å². The molecule has 1 N–H and O–H groups in total. The molecule has 0 saturated carbocycles. The number of nitrogens with one attached hydrogen (secondary N) is 1. The van der Waals surface area contributed by atoms with Gasteiger partial charge in [0.05, 0.1) is 27.7 Å². The van der Waals surface area contributed by atoms with Crippen LogP contribution in [0.25, 0.3) is 11.1 Å². The van der Waals surface area contributed by atoms with Gasteiger partial charge < -0.3 is 33.7 Å². The van der Waals surface area contributed by atoms with Crippen molar-refractivity contribution in [1.82, 2.24) is 5.32 Å². The van der Waals surface area contributed by atoms with Crippen molar-refractivity contribution in [2.45, 2.75) is 132 Å². The van der Waals surface area contributed by atoms with E-state index >= 15 is 0 Å². The van der Waals surface area contributed by atoms with Crippen LogP contribution in [0.2, 0.25) is 0 Å². The van der Waals surface area contributed by atoms with Gasteiger partial charge in [0.25, 0.3) is 0 Å². The largest absolute Gasteiger partial charge is 0.462 e. The van der Waals surface area contributed by atoms with Crippen molar-refractivity contribution in [2.75, 3.05) is 13.2 Å². The molecule has 1 aliphatic carbocycles. The van der Waals surface area contributed by atoms with Crippen LogP contribution in [0, 0.1) is 21.7 Å². The minimum Gasteiger partial charge on any atom is -0.462 e. The fourth-order valence-corrected chi connectivity index (χ4v) is 6.91. The van der Waals surface area contributed by atoms with Crippen molar-refractivity contribution < 1.29 is 57.2 Å². The summed E-state index contributed by atoms with van der Waals surface area (Å²) in [6.45, 7) is 20.6. The topological polar surface area (TPSA) is 170 Å². The SMILES string of the molecule is CC(NC(=O)OCC1c2ccccc2-c2ccccc21)C(=O)S[C@@H]1O[C@H](COC(=O)C(C)(C)C)[C@@H](OC(=O)C(C)(C)C)[C@H](OC(=O)C(C)(C)C)[C@H]1OC(=O)C(C)(C)C. The number of hydrogen-bond acceptors (Lipinski definition) is 13. The number of hydrogen-bond donors (Lipinski definition) is 1. The molecule has 0 bridgehead atoms. The number of carbonyl (C=O) groups excluding carboxylic acids is 6. The number of ether oxygens (including phenoxy) is 6. The molecule has 0 radical (unpaired) electrons. The first kappa shape index (κ1) is 46.3. The maximum atomic E-state index is 13.9. The molecule has 0 aromatic heterocycles. The predicted octanol–water partition coefficient (Wildman–Crippen LogP) is 7.36. The fraction of sp³-hybridized carbons (Fsp3) is 0.591. The van der Waals surface area contributed by atoms with Crippen LogP contribution >= 0.6 is 11.8 Å². The van der Waals surface area contributed by atoms with Crippen LogP contribution in [0.5, 0.6) is 0 Å². The summed E-state index contributed by atoms with van der Waals surface area (Å²) in [7, 11) is 0. The predicted molar refractivity (Wildman–Crippen MR) is 217 cm³/mol. The maximum absolute atomic E-state index is 13.9. The number of amides is 1. The Morgan fingerprint density at radius 1 is 0.603 bits per heavy atom. The fourth-order valence-electron chi connectivity index (χ4n) is 5.88. The number of fused-ring (bicyclic) bond motifs is 3. The normalized spacial score (nSPS) is 21.4. The van der Waals surface area contributed by atoms with Gasteiger partial charge in [0.1, 0.15) is 19.3 Å². The minimum atomic E-state index is -1.52. The van der Waals surface area contributed by atoms with Crippen molar-refractivity contribution in [3.05, 3.63) is 59.7 Å². The summed E-state index contributed by atoms with van der Waals surface area (Å²) in [5.41, 5.74) is -1.30. The molecular weight excluding hydrogens is 767 g/mol. The standard InChI is InChI=1S/C44H59NO12S/c1-24(45-40(51)53-22-29-27-20-16-14-18-25(27)26-19-15-17-21-28(26)29)34(46)58-35-33(57-39(50)44(11,12)13)32(56-38(49)43(8,9)10)31(55-37(48)42(5,6)7)30(54-35)23-52-36(47)41(2,3)4/h14-21,24,29-33,35H,22-23H2,1-13H3,(H,45,51)/t24?,30-,31-,32+,33-,35+/m1/s1. The van der Waals surface area contributed by atoms with Crippen molar-refractivity contribution in [3.63, 3.8) is 0 Å². The lowest BCUT2D eigenvalue weighted by atomic mass is 9.93. The van der Waals surface area contributed by atoms with Crippen molar-refractivity contribution in [2.24, 2.45) is 21.7 Å². The van der Waals surface area contributed by atoms with Gasteiger partial charge >= 0.3 is 30.0 Å². The summed E-state index contributed by atoms with van der Waals surface area (Å²) in [4.78, 5) is 80.7. The van der Waals surface area contributed by atoms with Gasteiger partial charge in [0.2, 0.25) is 5.12 Å². The van der Waals surface area contributed by atoms with E-state index in [2.05, 4.69) is 5.32 Å². The molecule has 1 aliphatic heterocycles. The van der Waals surface area contributed by atoms with Gasteiger partial charge in [0, 0.05) is 5.92 Å². The Hall–Kier alpha value is -4.43. The molecule has 2 aliphatic rings. The smallest absolute Gasteiger partial charge is 0.407 e. The molecule has 0 spiro atoms. The zero-order valence-electron chi connectivity index (χ0n) is 35.9. The molecular formula is C44H59NO12S. The van der Waals surface area contributed by atoms with Gasteiger partial charge in [-0.25, -0.2) is 4.79 Å². The van der Waals surface area contributed by atoms with Crippen LogP contribution in [0.3, 0.4) is 0 Å². The summed E-state index contributed by atoms with van der Waals surface area (Å²) < 4.78 is 35.7. The summed E-state index contributed by atoms with van der Waals surface area (Å²) >= 11 is 0.584. The summed E-state index contributed by atoms with van der Waals surface area (Å²) in [5.74, 6) is -2.94. The third-order valence-corrected chi connectivity index (χ3v) is 10.6. The molecule has 1 heterocycles. The second-order valence-corrected chi connectivity index (χ2v) is 20.0. The van der Waals surface area contributed by atoms with Crippen LogP contribution < -0.4 is 5.32 Å². The van der Waals surface area contributed by atoms with E-state index < -0.39 is 99.2 Å². The molecule has 2 aromatic carbocycles. The lowest BCUT2D eigenvalue weighted by molar-refractivity contribution is -0.246. The Labute approximate surface area is 345 Å². The highest BCUT2D eigenvalue weighted by Crippen LogP contribution is 2.44. The lowest BCUT2D eigenvalue weighted by Crippen LogP contribution is -2.63. The highest BCUT2D eigenvalue weighted by molar-refractivity contribution is 8.14. The Morgan fingerprint density at radius 2 is 1.03 bits per heavy atom. The number of thioether (sulfide) groups is 1. The van der Waals surface area contributed by atoms with Crippen molar-refractivity contribution in [3.8, 4) is 11.1 Å². The average Bonchev–Trinajstić information content (AvgIpc) is 3.43. The molecule has 2 aromatic rings. The first-order valence-electron chi connectivity index (χ1n) is 19.5. The highest BCUT2D eigenvalue weighted by Gasteiger charge is 2.55. The third kappa shape index (κ3) is 11.4. The van der Waals surface area contributed by atoms with E-state index in [9.17, 15) is 28.8 Å². The lowest BCUT2D eigenvalue weighted by Gasteiger charge is -2.45. The molecule has 14 heteroatoms. The Balaban J connectivity index is 1.63. The molecule has 4 rings (SSSR count). The van der Waals surface area contributed by atoms with Gasteiger partial charge in [-0.15, -0.1) is 0 Å². The Bertz CT molecular complexity index is 1820. The molecule has 1 saturated heterocycles. The summed E-state index contributed by atoms with van der Waals surface area (Å²) in [6, 6.07) is 14.7. The molecule has 1 fully saturated rings. The van der Waals surface area contributed by atoms with E-state index in [1.54, 1.807) is 83.1 Å². The number of alkyl carbamates (subject to hydrolysis) is 1. The van der Waals surface area contributed by atoms with E-state index in [0.29, 0.717) is 11.8 Å². The van der Waals surface area contributed by atoms with Gasteiger partial charge in [-0.05, 0) is 112 Å². The quantitative estimate of drug-likeness (QED) is 0.186. The first-order valence-corrected chi connectivity index (χ1v) is 20.4. The number of esters is 4. The van der Waals surface area contributed by atoms with Gasteiger partial charge in [-0.2, -0.15) is 0 Å². The molecule has 6 atom stereocenters. The molecule has 1 unspecified atom stereocenters. The second kappa shape index (κ2) is 17.8. The minimum absolute atomic E-state index is 0.0228.